The number of sulfonamides is 1. The molecule has 3 rings (SSSR count). The van der Waals surface area contributed by atoms with Crippen LogP contribution in [0.5, 0.6) is 0 Å². The zero-order valence-electron chi connectivity index (χ0n) is 13.4. The van der Waals surface area contributed by atoms with E-state index >= 15 is 0 Å². The van der Waals surface area contributed by atoms with Gasteiger partial charge in [-0.05, 0) is 12.1 Å². The third kappa shape index (κ3) is 3.80. The highest BCUT2D eigenvalue weighted by Crippen LogP contribution is 2.21. The van der Waals surface area contributed by atoms with Crippen LogP contribution < -0.4 is 0 Å². The molecule has 2 saturated heterocycles. The van der Waals surface area contributed by atoms with Gasteiger partial charge >= 0.3 is 0 Å². The van der Waals surface area contributed by atoms with Crippen molar-refractivity contribution in [2.75, 3.05) is 44.4 Å². The highest BCUT2D eigenvalue weighted by molar-refractivity contribution is 8.00. The van der Waals surface area contributed by atoms with Gasteiger partial charge in [-0.15, -0.1) is 11.8 Å². The van der Waals surface area contributed by atoms with Crippen LogP contribution in [0.25, 0.3) is 0 Å². The van der Waals surface area contributed by atoms with E-state index in [4.69, 9.17) is 0 Å². The van der Waals surface area contributed by atoms with Crippen LogP contribution in [-0.4, -0.2) is 78.7 Å². The van der Waals surface area contributed by atoms with E-state index in [1.54, 1.807) is 4.90 Å². The Morgan fingerprint density at radius 2 is 1.84 bits per heavy atom. The number of carbonyl (C=O) groups is 2. The number of halogens is 1. The number of piperazine rings is 1. The molecule has 0 atom stereocenters. The van der Waals surface area contributed by atoms with Crippen LogP contribution in [0, 0.1) is 5.82 Å². The molecule has 0 N–H and O–H groups in total. The summed E-state index contributed by atoms with van der Waals surface area (Å²) in [6.07, 6.45) is 0. The van der Waals surface area contributed by atoms with E-state index in [9.17, 15) is 22.4 Å². The maximum Gasteiger partial charge on any atom is 0.246 e. The fourth-order valence-electron chi connectivity index (χ4n) is 2.77. The molecule has 2 heterocycles. The number of benzene rings is 1. The van der Waals surface area contributed by atoms with Gasteiger partial charge in [0, 0.05) is 26.2 Å². The van der Waals surface area contributed by atoms with Gasteiger partial charge in [0.15, 0.2) is 0 Å². The molecular weight excluding hydrogens is 369 g/mol. The molecule has 1 aromatic rings. The van der Waals surface area contributed by atoms with E-state index in [1.165, 1.54) is 39.2 Å². The average Bonchev–Trinajstić information content (AvgIpc) is 3.00. The van der Waals surface area contributed by atoms with E-state index in [0.29, 0.717) is 11.6 Å². The Labute approximate surface area is 149 Å². The van der Waals surface area contributed by atoms with Gasteiger partial charge in [-0.1, -0.05) is 12.1 Å². The van der Waals surface area contributed by atoms with Crippen molar-refractivity contribution >= 4 is 33.6 Å². The van der Waals surface area contributed by atoms with E-state index < -0.39 is 15.8 Å². The lowest BCUT2D eigenvalue weighted by atomic mass is 10.3. The summed E-state index contributed by atoms with van der Waals surface area (Å²) in [5.74, 6) is -0.141. The molecule has 2 amide bonds. The minimum absolute atomic E-state index is 0.0197. The van der Waals surface area contributed by atoms with Crippen molar-refractivity contribution in [1.29, 1.82) is 0 Å². The Bertz CT molecular complexity index is 779. The fraction of sp³-hybridized carbons (Fsp3) is 0.467. The van der Waals surface area contributed by atoms with Crippen molar-refractivity contribution in [2.24, 2.45) is 0 Å². The van der Waals surface area contributed by atoms with Gasteiger partial charge in [-0.2, -0.15) is 4.31 Å². The third-order valence-electron chi connectivity index (χ3n) is 4.20. The molecular formula is C15H18FN3O4S2. The summed E-state index contributed by atoms with van der Waals surface area (Å²) in [4.78, 5) is 26.5. The normalized spacial score (nSPS) is 19.5. The van der Waals surface area contributed by atoms with Crippen molar-refractivity contribution in [1.82, 2.24) is 14.1 Å². The smallest absolute Gasteiger partial charge is 0.246 e. The molecule has 2 aliphatic heterocycles. The summed E-state index contributed by atoms with van der Waals surface area (Å²) < 4.78 is 40.1. The van der Waals surface area contributed by atoms with Crippen molar-refractivity contribution in [2.45, 2.75) is 4.90 Å². The van der Waals surface area contributed by atoms with Gasteiger partial charge in [0.25, 0.3) is 0 Å². The first-order valence-corrected chi connectivity index (χ1v) is 10.4. The van der Waals surface area contributed by atoms with Gasteiger partial charge in [0.2, 0.25) is 21.8 Å². The number of rotatable bonds is 4. The first-order valence-electron chi connectivity index (χ1n) is 7.77. The minimum Gasteiger partial charge on any atom is -0.339 e. The van der Waals surface area contributed by atoms with Crippen molar-refractivity contribution < 1.29 is 22.4 Å². The summed E-state index contributed by atoms with van der Waals surface area (Å²) in [6.45, 7) is 0.672. The Kier molecular flexibility index (Phi) is 5.30. The van der Waals surface area contributed by atoms with Crippen LogP contribution in [0.3, 0.4) is 0 Å². The van der Waals surface area contributed by atoms with Gasteiger partial charge in [-0.3, -0.25) is 9.59 Å². The van der Waals surface area contributed by atoms with Crippen LogP contribution in [0.2, 0.25) is 0 Å². The Morgan fingerprint density at radius 1 is 1.16 bits per heavy atom. The van der Waals surface area contributed by atoms with E-state index in [0.717, 1.165) is 6.07 Å². The molecule has 0 spiro atoms. The van der Waals surface area contributed by atoms with Gasteiger partial charge in [-0.25, -0.2) is 12.8 Å². The minimum atomic E-state index is -3.92. The summed E-state index contributed by atoms with van der Waals surface area (Å²) in [5, 5.41) is 0. The van der Waals surface area contributed by atoms with Gasteiger partial charge < -0.3 is 9.80 Å². The quantitative estimate of drug-likeness (QED) is 0.737. The zero-order chi connectivity index (χ0) is 18.0. The van der Waals surface area contributed by atoms with E-state index in [2.05, 4.69) is 0 Å². The number of hydrogen-bond acceptors (Lipinski definition) is 5. The standard InChI is InChI=1S/C15H18FN3O4S2/c16-12-3-1-2-4-13(12)25(22,23)19-7-5-17(6-8-19)14(20)9-18-11-24-10-15(18)21/h1-4H,5-11H2. The second-order valence-corrected chi connectivity index (χ2v) is 8.65. The van der Waals surface area contributed by atoms with E-state index in [-0.39, 0.29) is 49.4 Å². The molecule has 136 valence electrons. The molecule has 0 aromatic heterocycles. The van der Waals surface area contributed by atoms with Crippen molar-refractivity contribution in [3.63, 3.8) is 0 Å². The first kappa shape index (κ1) is 18.2. The highest BCUT2D eigenvalue weighted by atomic mass is 32.2. The van der Waals surface area contributed by atoms with Gasteiger partial charge in [0.05, 0.1) is 11.6 Å². The van der Waals surface area contributed by atoms with Gasteiger partial charge in [0.1, 0.15) is 17.3 Å². The fourth-order valence-corrected chi connectivity index (χ4v) is 5.17. The average molecular weight is 387 g/mol. The number of carbonyl (C=O) groups excluding carboxylic acids is 2. The molecule has 10 heteroatoms. The topological polar surface area (TPSA) is 78.0 Å². The summed E-state index contributed by atoms with van der Waals surface area (Å²) in [7, 11) is -3.92. The summed E-state index contributed by atoms with van der Waals surface area (Å²) in [5.41, 5.74) is 0. The highest BCUT2D eigenvalue weighted by Gasteiger charge is 2.33. The Hall–Kier alpha value is -1.65. The maximum absolute atomic E-state index is 13.8. The second kappa shape index (κ2) is 7.30. The lowest BCUT2D eigenvalue weighted by Gasteiger charge is -2.34. The lowest BCUT2D eigenvalue weighted by molar-refractivity contribution is -0.138. The summed E-state index contributed by atoms with van der Waals surface area (Å²) in [6, 6.07) is 5.25. The SMILES string of the molecule is O=C(CN1CSCC1=O)N1CCN(S(=O)(=O)c2ccccc2F)CC1. The summed E-state index contributed by atoms with van der Waals surface area (Å²) >= 11 is 1.46. The molecule has 0 bridgehead atoms. The van der Waals surface area contributed by atoms with Crippen molar-refractivity contribution in [3.8, 4) is 0 Å². The van der Waals surface area contributed by atoms with Crippen LogP contribution in [0.15, 0.2) is 29.2 Å². The van der Waals surface area contributed by atoms with Crippen molar-refractivity contribution in [3.05, 3.63) is 30.1 Å². The number of nitrogens with zero attached hydrogens (tertiary/aromatic N) is 3. The number of amides is 2. The van der Waals surface area contributed by atoms with E-state index in [1.807, 2.05) is 0 Å². The molecule has 0 saturated carbocycles. The molecule has 0 unspecified atom stereocenters. The zero-order valence-corrected chi connectivity index (χ0v) is 15.1. The molecule has 2 fully saturated rings. The predicted molar refractivity (Wildman–Crippen MR) is 90.8 cm³/mol. The largest absolute Gasteiger partial charge is 0.339 e. The van der Waals surface area contributed by atoms with Crippen LogP contribution >= 0.6 is 11.8 Å². The number of hydrogen-bond donors (Lipinski definition) is 0. The molecule has 7 nitrogen and oxygen atoms in total. The van der Waals surface area contributed by atoms with Crippen LogP contribution in [0.4, 0.5) is 4.39 Å². The Balaban J connectivity index is 1.61. The third-order valence-corrected chi connectivity index (χ3v) is 7.07. The molecule has 1 aromatic carbocycles. The number of thioether (sulfide) groups is 1. The molecule has 0 radical (unpaired) electrons. The molecule has 0 aliphatic carbocycles. The predicted octanol–water partition coefficient (Wildman–Crippen LogP) is 0.192. The Morgan fingerprint density at radius 3 is 2.44 bits per heavy atom. The van der Waals surface area contributed by atoms with Crippen LogP contribution in [0.1, 0.15) is 0 Å². The van der Waals surface area contributed by atoms with Crippen LogP contribution in [-0.2, 0) is 19.6 Å². The first-order chi connectivity index (χ1) is 11.9. The molecule has 25 heavy (non-hydrogen) atoms. The monoisotopic (exact) mass is 387 g/mol. The maximum atomic E-state index is 13.8. The molecule has 2 aliphatic rings. The second-order valence-electron chi connectivity index (χ2n) is 5.78. The lowest BCUT2D eigenvalue weighted by Crippen LogP contribution is -2.52.